The van der Waals surface area contributed by atoms with Crippen LogP contribution < -0.4 is 20.0 Å². The minimum absolute atomic E-state index is 0.0226. The second-order valence-corrected chi connectivity index (χ2v) is 12.6. The summed E-state index contributed by atoms with van der Waals surface area (Å²) in [6.45, 7) is -1.87. The molecule has 1 amide bonds. The van der Waals surface area contributed by atoms with Gasteiger partial charge < -0.3 is 9.64 Å². The molecule has 0 unspecified atom stereocenters. The van der Waals surface area contributed by atoms with Crippen LogP contribution in [0, 0.1) is 6.92 Å². The summed E-state index contributed by atoms with van der Waals surface area (Å²) in [6, 6.07) is 19.6. The van der Waals surface area contributed by atoms with Crippen LogP contribution >= 0.6 is 34.5 Å². The smallest absolute Gasteiger partial charge is 0.355 e. The first-order chi connectivity index (χ1) is 20.7. The van der Waals surface area contributed by atoms with Crippen molar-refractivity contribution in [3.05, 3.63) is 93.1 Å². The lowest BCUT2D eigenvalue weighted by atomic mass is 10.3. The van der Waals surface area contributed by atoms with E-state index in [1.54, 1.807) is 11.9 Å². The van der Waals surface area contributed by atoms with Crippen molar-refractivity contribution in [3.8, 4) is 10.9 Å². The molecule has 0 saturated heterocycles. The third-order valence-corrected chi connectivity index (χ3v) is 8.00. The molecule has 0 saturated carbocycles. The summed E-state index contributed by atoms with van der Waals surface area (Å²) in [7, 11) is -1.91. The monoisotopic (exact) mass is 684 g/mol. The molecule has 0 fully saturated rings. The van der Waals surface area contributed by atoms with Crippen LogP contribution in [0.3, 0.4) is 0 Å². The third kappa shape index (κ3) is 7.91. The minimum Gasteiger partial charge on any atom is -0.460 e. The number of anilines is 2. The molecule has 0 atom stereocenters. The highest BCUT2D eigenvalue weighted by molar-refractivity contribution is 7.92. The summed E-state index contributed by atoms with van der Waals surface area (Å²) >= 11 is 13.3. The summed E-state index contributed by atoms with van der Waals surface area (Å²) in [4.78, 5) is 30.0. The zero-order valence-corrected chi connectivity index (χ0v) is 26.4. The maximum Gasteiger partial charge on any atom is 0.355 e. The molecular formula is C27H24Cl2F2N6O5S2. The fourth-order valence-electron chi connectivity index (χ4n) is 3.76. The molecular weight excluding hydrogens is 661 g/mol. The van der Waals surface area contributed by atoms with Gasteiger partial charge in [-0.05, 0) is 43.3 Å². The van der Waals surface area contributed by atoms with Crippen molar-refractivity contribution in [1.29, 1.82) is 0 Å². The van der Waals surface area contributed by atoms with E-state index < -0.39 is 22.3 Å². The number of nitrogens with zero attached hydrogens (tertiary/aromatic N) is 5. The van der Waals surface area contributed by atoms with E-state index >= 15 is 0 Å². The van der Waals surface area contributed by atoms with Gasteiger partial charge in [-0.2, -0.15) is 13.5 Å². The first-order valence-electron chi connectivity index (χ1n) is 12.5. The van der Waals surface area contributed by atoms with Crippen molar-refractivity contribution >= 4 is 72.1 Å². The molecule has 0 radical (unpaired) electrons. The van der Waals surface area contributed by atoms with Gasteiger partial charge in [0, 0.05) is 12.7 Å². The number of likely N-dealkylation sites (N-methyl/N-ethyl adjacent to an activating group) is 1. The van der Waals surface area contributed by atoms with Gasteiger partial charge in [0.2, 0.25) is 10.0 Å². The highest BCUT2D eigenvalue weighted by Gasteiger charge is 2.21. The summed E-state index contributed by atoms with van der Waals surface area (Å²) < 4.78 is 57.8. The fraction of sp³-hybridized carbons (Fsp3) is 0.185. The molecule has 2 heterocycles. The Hall–Kier alpha value is -4.05. The van der Waals surface area contributed by atoms with Crippen LogP contribution in [0.1, 0.15) is 12.4 Å². The highest BCUT2D eigenvalue weighted by Crippen LogP contribution is 2.32. The number of aromatic nitrogens is 4. The van der Waals surface area contributed by atoms with Crippen LogP contribution in [-0.4, -0.2) is 53.6 Å². The van der Waals surface area contributed by atoms with Crippen LogP contribution in [-0.2, 0) is 14.8 Å². The number of ether oxygens (including phenoxy) is 1. The molecule has 11 nitrogen and oxygen atoms in total. The van der Waals surface area contributed by atoms with Gasteiger partial charge in [0.15, 0.2) is 6.61 Å². The maximum absolute atomic E-state index is 12.8. The molecule has 5 rings (SSSR count). The van der Waals surface area contributed by atoms with Crippen molar-refractivity contribution < 1.29 is 26.7 Å². The maximum atomic E-state index is 12.8. The van der Waals surface area contributed by atoms with Crippen LogP contribution in [0.15, 0.2) is 71.5 Å². The van der Waals surface area contributed by atoms with Crippen molar-refractivity contribution in [3.63, 3.8) is 0 Å². The molecule has 0 bridgehead atoms. The van der Waals surface area contributed by atoms with Gasteiger partial charge in [-0.15, -0.1) is 5.10 Å². The molecule has 5 aromatic rings. The number of benzene rings is 3. The topological polar surface area (TPSA) is 128 Å². The van der Waals surface area contributed by atoms with Gasteiger partial charge in [-0.25, -0.2) is 22.8 Å². The number of rotatable bonds is 8. The van der Waals surface area contributed by atoms with Crippen molar-refractivity contribution in [2.24, 2.45) is 0 Å². The SMILES string of the molecule is CN(C(=O)COc1nc2ccccc2s1)c1ccccc1.Cc1nn(-c2cc(NS(C)(=O)=O)c(Cl)cc2Cl)c(=O)n1C(F)F. The summed E-state index contributed by atoms with van der Waals surface area (Å²) in [5.74, 6) is -0.339. The predicted molar refractivity (Wildman–Crippen MR) is 167 cm³/mol. The van der Waals surface area contributed by atoms with Gasteiger partial charge in [0.1, 0.15) is 5.82 Å². The highest BCUT2D eigenvalue weighted by atomic mass is 35.5. The number of nitrogens with one attached hydrogen (secondary N) is 1. The Labute approximate surface area is 264 Å². The van der Waals surface area contributed by atoms with Crippen LogP contribution in [0.2, 0.25) is 10.0 Å². The molecule has 0 spiro atoms. The predicted octanol–water partition coefficient (Wildman–Crippen LogP) is 5.75. The average Bonchev–Trinajstić information content (AvgIpc) is 3.52. The van der Waals surface area contributed by atoms with E-state index in [2.05, 4.69) is 14.8 Å². The van der Waals surface area contributed by atoms with Crippen molar-refractivity contribution in [1.82, 2.24) is 19.3 Å². The molecule has 44 heavy (non-hydrogen) atoms. The summed E-state index contributed by atoms with van der Waals surface area (Å²) in [5.41, 5.74) is 0.461. The average molecular weight is 686 g/mol. The standard InChI is InChI=1S/C16H14N2O2S.C11H10Cl2F2N4O3S/c1-18(12-7-3-2-4-8-12)15(19)11-20-16-17-13-9-5-6-10-14(13)21-16;1-5-16-19(11(20)18(5)10(14)15)9-4-8(17-23(2,21)22)6(12)3-7(9)13/h2-10H,11H2,1H3;3-4,10,17H,1-2H3. The largest absolute Gasteiger partial charge is 0.460 e. The Kier molecular flexibility index (Phi) is 10.2. The van der Waals surface area contributed by atoms with E-state index in [1.807, 2.05) is 54.6 Å². The Morgan fingerprint density at radius 2 is 1.75 bits per heavy atom. The van der Waals surface area contributed by atoms with E-state index in [-0.39, 0.29) is 44.3 Å². The number of halogens is 4. The second-order valence-electron chi connectivity index (χ2n) is 9.07. The molecule has 0 aliphatic carbocycles. The number of amides is 1. The number of alkyl halides is 2. The van der Waals surface area contributed by atoms with Crippen molar-refractivity contribution in [2.45, 2.75) is 13.5 Å². The molecule has 232 valence electrons. The number of aryl methyl sites for hydroxylation is 1. The quantitative estimate of drug-likeness (QED) is 0.220. The number of hydrogen-bond acceptors (Lipinski definition) is 8. The lowest BCUT2D eigenvalue weighted by Gasteiger charge is -2.16. The first-order valence-corrected chi connectivity index (χ1v) is 15.9. The molecule has 1 N–H and O–H groups in total. The third-order valence-electron chi connectivity index (χ3n) is 5.85. The molecule has 0 aliphatic heterocycles. The zero-order chi connectivity index (χ0) is 32.2. The number of carbonyl (C=O) groups is 1. The number of fused-ring (bicyclic) bond motifs is 1. The fourth-order valence-corrected chi connectivity index (χ4v) is 5.71. The number of para-hydroxylation sites is 2. The Balaban J connectivity index is 0.000000201. The Bertz CT molecular complexity index is 1930. The van der Waals surface area contributed by atoms with Gasteiger partial charge >= 0.3 is 12.2 Å². The number of sulfonamides is 1. The number of thiazole rings is 1. The lowest BCUT2D eigenvalue weighted by Crippen LogP contribution is -2.31. The van der Waals surface area contributed by atoms with Gasteiger partial charge in [-0.3, -0.25) is 9.52 Å². The molecule has 0 aliphatic rings. The van der Waals surface area contributed by atoms with Crippen LogP contribution in [0.25, 0.3) is 15.9 Å². The van der Waals surface area contributed by atoms with E-state index in [0.29, 0.717) is 9.88 Å². The van der Waals surface area contributed by atoms with E-state index in [4.69, 9.17) is 27.9 Å². The van der Waals surface area contributed by atoms with E-state index in [1.165, 1.54) is 24.3 Å². The van der Waals surface area contributed by atoms with Crippen LogP contribution in [0.4, 0.5) is 20.2 Å². The van der Waals surface area contributed by atoms with E-state index in [9.17, 15) is 26.8 Å². The zero-order valence-electron chi connectivity index (χ0n) is 23.2. The van der Waals surface area contributed by atoms with Gasteiger partial charge in [0.05, 0.1) is 37.9 Å². The number of carbonyl (C=O) groups excluding carboxylic acids is 1. The van der Waals surface area contributed by atoms with E-state index in [0.717, 1.165) is 28.2 Å². The summed E-state index contributed by atoms with van der Waals surface area (Å²) in [6.07, 6.45) is 0.902. The summed E-state index contributed by atoms with van der Waals surface area (Å²) in [5, 5.41) is 4.15. The Morgan fingerprint density at radius 1 is 1.09 bits per heavy atom. The Morgan fingerprint density at radius 3 is 2.36 bits per heavy atom. The van der Waals surface area contributed by atoms with Gasteiger partial charge in [-0.1, -0.05) is 64.9 Å². The van der Waals surface area contributed by atoms with Gasteiger partial charge in [0.25, 0.3) is 11.1 Å². The van der Waals surface area contributed by atoms with Crippen LogP contribution in [0.5, 0.6) is 5.19 Å². The second kappa shape index (κ2) is 13.7. The minimum atomic E-state index is -3.65. The molecule has 3 aromatic carbocycles. The van der Waals surface area contributed by atoms with Crippen molar-refractivity contribution in [2.75, 3.05) is 29.5 Å². The normalized spacial score (nSPS) is 11.3. The molecule has 2 aromatic heterocycles. The lowest BCUT2D eigenvalue weighted by molar-refractivity contribution is -0.120. The molecule has 17 heteroatoms. The first kappa shape index (κ1) is 32.9. The number of hydrogen-bond donors (Lipinski definition) is 1.